The number of nitrogens with one attached hydrogen (secondary N) is 1. The third-order valence-corrected chi connectivity index (χ3v) is 2.78. The van der Waals surface area contributed by atoms with E-state index in [9.17, 15) is 9.59 Å². The number of carbonyl (C=O) groups is 1. The number of rotatable bonds is 5. The second kappa shape index (κ2) is 6.69. The molecule has 0 unspecified atom stereocenters. The topological polar surface area (TPSA) is 73.2 Å². The van der Waals surface area contributed by atoms with Crippen molar-refractivity contribution >= 4 is 11.6 Å². The Morgan fingerprint density at radius 3 is 2.67 bits per heavy atom. The summed E-state index contributed by atoms with van der Waals surface area (Å²) in [7, 11) is 0. The highest BCUT2D eigenvalue weighted by Crippen LogP contribution is 2.15. The molecule has 0 aliphatic carbocycles. The monoisotopic (exact) mass is 287 g/mol. The van der Waals surface area contributed by atoms with E-state index in [1.807, 2.05) is 6.92 Å². The van der Waals surface area contributed by atoms with Crippen LogP contribution in [0.3, 0.4) is 0 Å². The number of anilines is 1. The fourth-order valence-corrected chi connectivity index (χ4v) is 1.79. The summed E-state index contributed by atoms with van der Waals surface area (Å²) in [6.45, 7) is 4.16. The van der Waals surface area contributed by atoms with Crippen LogP contribution >= 0.6 is 0 Å². The highest BCUT2D eigenvalue weighted by atomic mass is 16.5. The van der Waals surface area contributed by atoms with E-state index in [1.54, 1.807) is 31.2 Å². The van der Waals surface area contributed by atoms with Gasteiger partial charge in [-0.3, -0.25) is 14.2 Å². The van der Waals surface area contributed by atoms with E-state index in [1.165, 1.54) is 17.0 Å². The minimum Gasteiger partial charge on any atom is -0.494 e. The van der Waals surface area contributed by atoms with Crippen LogP contribution in [0.15, 0.2) is 41.5 Å². The van der Waals surface area contributed by atoms with Crippen LogP contribution in [0.25, 0.3) is 0 Å². The van der Waals surface area contributed by atoms with Gasteiger partial charge in [0.25, 0.3) is 5.56 Å². The lowest BCUT2D eigenvalue weighted by atomic mass is 10.3. The molecule has 2 aromatic rings. The van der Waals surface area contributed by atoms with E-state index in [0.717, 1.165) is 5.75 Å². The maximum absolute atomic E-state index is 11.9. The fourth-order valence-electron chi connectivity index (χ4n) is 1.79. The van der Waals surface area contributed by atoms with Crippen molar-refractivity contribution in [1.82, 2.24) is 9.55 Å². The first-order valence-electron chi connectivity index (χ1n) is 6.64. The van der Waals surface area contributed by atoms with Gasteiger partial charge in [-0.2, -0.15) is 0 Å². The Morgan fingerprint density at radius 2 is 2.05 bits per heavy atom. The molecule has 1 amide bonds. The molecule has 6 heteroatoms. The first-order valence-corrected chi connectivity index (χ1v) is 6.64. The summed E-state index contributed by atoms with van der Waals surface area (Å²) in [5, 5.41) is 2.72. The van der Waals surface area contributed by atoms with Gasteiger partial charge in [0.05, 0.1) is 12.9 Å². The zero-order chi connectivity index (χ0) is 15.2. The predicted octanol–water partition coefficient (Wildman–Crippen LogP) is 1.59. The summed E-state index contributed by atoms with van der Waals surface area (Å²) in [5.41, 5.74) is 1.03. The normalized spacial score (nSPS) is 10.2. The molecule has 2 rings (SSSR count). The molecule has 0 bridgehead atoms. The second-order valence-corrected chi connectivity index (χ2v) is 4.50. The molecule has 1 N–H and O–H groups in total. The van der Waals surface area contributed by atoms with Crippen LogP contribution < -0.4 is 15.6 Å². The quantitative estimate of drug-likeness (QED) is 0.906. The summed E-state index contributed by atoms with van der Waals surface area (Å²) in [5.74, 6) is 0.460. The minimum absolute atomic E-state index is 0.0701. The predicted molar refractivity (Wildman–Crippen MR) is 79.5 cm³/mol. The minimum atomic E-state index is -0.285. The molecule has 1 aromatic heterocycles. The Kier molecular flexibility index (Phi) is 4.71. The maximum Gasteiger partial charge on any atom is 0.253 e. The molecular formula is C15H17N3O3. The van der Waals surface area contributed by atoms with Crippen molar-refractivity contribution in [3.8, 4) is 5.75 Å². The lowest BCUT2D eigenvalue weighted by Crippen LogP contribution is -2.27. The van der Waals surface area contributed by atoms with Crippen molar-refractivity contribution in [2.75, 3.05) is 11.9 Å². The molecule has 0 fully saturated rings. The van der Waals surface area contributed by atoms with Crippen LogP contribution in [-0.2, 0) is 11.3 Å². The Balaban J connectivity index is 1.99. The lowest BCUT2D eigenvalue weighted by molar-refractivity contribution is -0.116. The number of aryl methyl sites for hydroxylation is 1. The molecule has 0 radical (unpaired) electrons. The van der Waals surface area contributed by atoms with Crippen molar-refractivity contribution < 1.29 is 9.53 Å². The smallest absolute Gasteiger partial charge is 0.253 e. The van der Waals surface area contributed by atoms with Gasteiger partial charge in [-0.15, -0.1) is 0 Å². The van der Waals surface area contributed by atoms with Crippen molar-refractivity contribution in [1.29, 1.82) is 0 Å². The SMILES string of the molecule is CCOc1ccc(NC(=O)Cn2cnc(C)cc2=O)cc1. The van der Waals surface area contributed by atoms with Crippen LogP contribution in [-0.4, -0.2) is 22.1 Å². The van der Waals surface area contributed by atoms with Crippen molar-refractivity contribution in [2.45, 2.75) is 20.4 Å². The third-order valence-electron chi connectivity index (χ3n) is 2.78. The number of hydrogen-bond donors (Lipinski definition) is 1. The molecule has 0 aliphatic heterocycles. The Hall–Kier alpha value is -2.63. The van der Waals surface area contributed by atoms with Gasteiger partial charge in [0.2, 0.25) is 5.91 Å². The van der Waals surface area contributed by atoms with E-state index in [0.29, 0.717) is 18.0 Å². The van der Waals surface area contributed by atoms with E-state index < -0.39 is 0 Å². The van der Waals surface area contributed by atoms with Crippen molar-refractivity contribution in [3.63, 3.8) is 0 Å². The number of benzene rings is 1. The average Bonchev–Trinajstić information content (AvgIpc) is 2.44. The van der Waals surface area contributed by atoms with E-state index in [2.05, 4.69) is 10.3 Å². The number of amides is 1. The Labute approximate surface area is 122 Å². The highest BCUT2D eigenvalue weighted by molar-refractivity contribution is 5.90. The molecule has 0 saturated heterocycles. The second-order valence-electron chi connectivity index (χ2n) is 4.50. The lowest BCUT2D eigenvalue weighted by Gasteiger charge is -2.08. The van der Waals surface area contributed by atoms with E-state index >= 15 is 0 Å². The van der Waals surface area contributed by atoms with Crippen LogP contribution in [0, 0.1) is 6.92 Å². The molecule has 0 spiro atoms. The Morgan fingerprint density at radius 1 is 1.33 bits per heavy atom. The summed E-state index contributed by atoms with van der Waals surface area (Å²) in [6, 6.07) is 8.44. The van der Waals surface area contributed by atoms with Crippen LogP contribution in [0.4, 0.5) is 5.69 Å². The van der Waals surface area contributed by atoms with Gasteiger partial charge in [-0.1, -0.05) is 0 Å². The molecule has 0 saturated carbocycles. The van der Waals surface area contributed by atoms with Gasteiger partial charge in [-0.05, 0) is 38.1 Å². The van der Waals surface area contributed by atoms with Gasteiger partial charge in [-0.25, -0.2) is 4.98 Å². The van der Waals surface area contributed by atoms with Gasteiger partial charge in [0, 0.05) is 17.4 Å². The third kappa shape index (κ3) is 4.17. The number of ether oxygens (including phenoxy) is 1. The summed E-state index contributed by atoms with van der Waals surface area (Å²) in [4.78, 5) is 27.6. The number of hydrogen-bond acceptors (Lipinski definition) is 4. The molecule has 0 atom stereocenters. The number of nitrogens with zero attached hydrogens (tertiary/aromatic N) is 2. The first kappa shape index (κ1) is 14.8. The van der Waals surface area contributed by atoms with E-state index in [4.69, 9.17) is 4.74 Å². The average molecular weight is 287 g/mol. The standard InChI is InChI=1S/C15H17N3O3/c1-3-21-13-6-4-12(5-7-13)17-14(19)9-18-10-16-11(2)8-15(18)20/h4-8,10H,3,9H2,1-2H3,(H,17,19). The fraction of sp³-hybridized carbons (Fsp3) is 0.267. The zero-order valence-electron chi connectivity index (χ0n) is 12.0. The van der Waals surface area contributed by atoms with Crippen LogP contribution in [0.1, 0.15) is 12.6 Å². The van der Waals surface area contributed by atoms with Gasteiger partial charge >= 0.3 is 0 Å². The molecule has 1 heterocycles. The number of carbonyl (C=O) groups excluding carboxylic acids is 1. The zero-order valence-corrected chi connectivity index (χ0v) is 12.0. The summed E-state index contributed by atoms with van der Waals surface area (Å²) >= 11 is 0. The molecular weight excluding hydrogens is 270 g/mol. The number of aromatic nitrogens is 2. The van der Waals surface area contributed by atoms with Crippen LogP contribution in [0.2, 0.25) is 0 Å². The molecule has 1 aromatic carbocycles. The molecule has 21 heavy (non-hydrogen) atoms. The molecule has 0 aliphatic rings. The first-order chi connectivity index (χ1) is 10.1. The largest absolute Gasteiger partial charge is 0.494 e. The molecule has 110 valence electrons. The molecule has 6 nitrogen and oxygen atoms in total. The Bertz CT molecular complexity index is 677. The van der Waals surface area contributed by atoms with Gasteiger partial charge < -0.3 is 10.1 Å². The summed E-state index contributed by atoms with van der Waals surface area (Å²) < 4.78 is 6.58. The van der Waals surface area contributed by atoms with E-state index in [-0.39, 0.29) is 18.0 Å². The van der Waals surface area contributed by atoms with Crippen molar-refractivity contribution in [3.05, 3.63) is 52.7 Å². The highest BCUT2D eigenvalue weighted by Gasteiger charge is 2.05. The van der Waals surface area contributed by atoms with Gasteiger partial charge in [0.15, 0.2) is 0 Å². The van der Waals surface area contributed by atoms with Crippen LogP contribution in [0.5, 0.6) is 5.75 Å². The van der Waals surface area contributed by atoms with Gasteiger partial charge in [0.1, 0.15) is 12.3 Å². The van der Waals surface area contributed by atoms with Crippen molar-refractivity contribution in [2.24, 2.45) is 0 Å². The maximum atomic E-state index is 11.9. The summed E-state index contributed by atoms with van der Waals surface area (Å²) in [6.07, 6.45) is 1.37.